The van der Waals surface area contributed by atoms with Gasteiger partial charge in [-0.15, -0.1) is 0 Å². The monoisotopic (exact) mass is 393 g/mol. The lowest BCUT2D eigenvalue weighted by Crippen LogP contribution is -2.35. The van der Waals surface area contributed by atoms with Crippen molar-refractivity contribution in [3.05, 3.63) is 86.8 Å². The smallest absolute Gasteiger partial charge is 0.307 e. The molecule has 3 aromatic rings. The number of aromatic nitrogens is 2. The summed E-state index contributed by atoms with van der Waals surface area (Å²) in [6, 6.07) is 13.7. The van der Waals surface area contributed by atoms with Gasteiger partial charge in [0.2, 0.25) is 0 Å². The molecule has 0 bridgehead atoms. The molecule has 0 atom stereocenters. The zero-order chi connectivity index (χ0) is 20.2. The average Bonchev–Trinajstić information content (AvgIpc) is 2.74. The predicted octanol–water partition coefficient (Wildman–Crippen LogP) is 3.40. The van der Waals surface area contributed by atoms with Gasteiger partial charge in [0.05, 0.1) is 10.9 Å². The Kier molecular flexibility index (Phi) is 5.71. The summed E-state index contributed by atoms with van der Waals surface area (Å²) >= 11 is 0. The molecule has 2 aromatic carbocycles. The zero-order valence-corrected chi connectivity index (χ0v) is 16.2. The number of hydrogen-bond acceptors (Lipinski definition) is 3. The Hall–Kier alpha value is -2.99. The van der Waals surface area contributed by atoms with Crippen molar-refractivity contribution >= 4 is 16.5 Å². The van der Waals surface area contributed by atoms with Crippen LogP contribution >= 0.6 is 0 Å². The van der Waals surface area contributed by atoms with Crippen LogP contribution in [0, 0.1) is 5.82 Å². The fourth-order valence-electron chi connectivity index (χ4n) is 3.85. The second-order valence-corrected chi connectivity index (χ2v) is 7.43. The molecule has 6 heteroatoms. The molecule has 1 N–H and O–H groups in total. The van der Waals surface area contributed by atoms with E-state index in [9.17, 15) is 14.0 Å². The van der Waals surface area contributed by atoms with Crippen LogP contribution in [0.1, 0.15) is 24.8 Å². The van der Waals surface area contributed by atoms with E-state index in [0.29, 0.717) is 17.4 Å². The third-order valence-electron chi connectivity index (χ3n) is 5.50. The van der Waals surface area contributed by atoms with Gasteiger partial charge in [-0.2, -0.15) is 0 Å². The molecule has 0 spiro atoms. The van der Waals surface area contributed by atoms with E-state index in [-0.39, 0.29) is 17.1 Å². The molecule has 0 fully saturated rings. The Labute approximate surface area is 168 Å². The first-order valence-corrected chi connectivity index (χ1v) is 10.0. The second kappa shape index (κ2) is 8.57. The van der Waals surface area contributed by atoms with Crippen molar-refractivity contribution in [2.75, 3.05) is 19.6 Å². The van der Waals surface area contributed by atoms with E-state index in [1.54, 1.807) is 24.3 Å². The van der Waals surface area contributed by atoms with Crippen LogP contribution in [0.5, 0.6) is 0 Å². The van der Waals surface area contributed by atoms with E-state index in [1.807, 2.05) is 12.1 Å². The Morgan fingerprint density at radius 1 is 0.966 bits per heavy atom. The molecule has 29 heavy (non-hydrogen) atoms. The summed E-state index contributed by atoms with van der Waals surface area (Å²) in [6.45, 7) is 3.17. The maximum Gasteiger partial charge on any atom is 0.328 e. The molecule has 0 saturated heterocycles. The van der Waals surface area contributed by atoms with Crippen molar-refractivity contribution < 1.29 is 4.39 Å². The topological polar surface area (TPSA) is 58.1 Å². The molecular formula is C23H24FN3O2. The first kappa shape index (κ1) is 19.3. The maximum absolute atomic E-state index is 13.1. The van der Waals surface area contributed by atoms with Gasteiger partial charge in [0.1, 0.15) is 5.82 Å². The number of H-pyrrole nitrogens is 1. The van der Waals surface area contributed by atoms with Crippen molar-refractivity contribution in [2.45, 2.75) is 25.8 Å². The molecule has 0 radical (unpaired) electrons. The molecule has 0 saturated carbocycles. The molecule has 1 aliphatic rings. The summed E-state index contributed by atoms with van der Waals surface area (Å²) in [5, 5.41) is 0.543. The summed E-state index contributed by atoms with van der Waals surface area (Å²) in [6.07, 6.45) is 4.83. The summed E-state index contributed by atoms with van der Waals surface area (Å²) in [4.78, 5) is 29.9. The van der Waals surface area contributed by atoms with Gasteiger partial charge in [-0.05, 0) is 61.2 Å². The lowest BCUT2D eigenvalue weighted by molar-refractivity contribution is 0.292. The van der Waals surface area contributed by atoms with Crippen LogP contribution in [0.3, 0.4) is 0 Å². The summed E-state index contributed by atoms with van der Waals surface area (Å²) in [5.74, 6) is -0.212. The highest BCUT2D eigenvalue weighted by Crippen LogP contribution is 2.22. The van der Waals surface area contributed by atoms with Crippen LogP contribution in [0.4, 0.5) is 4.39 Å². The Balaban J connectivity index is 1.31. The van der Waals surface area contributed by atoms with Gasteiger partial charge < -0.3 is 4.98 Å². The molecule has 1 aromatic heterocycles. The Morgan fingerprint density at radius 3 is 2.48 bits per heavy atom. The lowest BCUT2D eigenvalue weighted by Gasteiger charge is -2.26. The van der Waals surface area contributed by atoms with Gasteiger partial charge in [0.25, 0.3) is 5.56 Å². The number of aromatic amines is 1. The number of halogens is 1. The van der Waals surface area contributed by atoms with Gasteiger partial charge in [-0.1, -0.05) is 30.3 Å². The molecule has 5 nitrogen and oxygen atoms in total. The molecule has 2 heterocycles. The van der Waals surface area contributed by atoms with Crippen LogP contribution in [0.15, 0.2) is 64.2 Å². The van der Waals surface area contributed by atoms with E-state index in [4.69, 9.17) is 0 Å². The van der Waals surface area contributed by atoms with E-state index in [1.165, 1.54) is 22.3 Å². The predicted molar refractivity (Wildman–Crippen MR) is 113 cm³/mol. The maximum atomic E-state index is 13.1. The molecule has 0 unspecified atom stereocenters. The van der Waals surface area contributed by atoms with Gasteiger partial charge in [0.15, 0.2) is 0 Å². The number of para-hydroxylation sites is 1. The first-order valence-electron chi connectivity index (χ1n) is 10.0. The minimum absolute atomic E-state index is 0.212. The molecule has 0 amide bonds. The fourth-order valence-corrected chi connectivity index (χ4v) is 3.85. The van der Waals surface area contributed by atoms with Crippen molar-refractivity contribution in [3.8, 4) is 0 Å². The van der Waals surface area contributed by atoms with E-state index in [2.05, 4.69) is 16.0 Å². The number of unbranched alkanes of at least 4 members (excludes halogenated alkanes) is 1. The minimum atomic E-state index is -0.349. The van der Waals surface area contributed by atoms with Crippen LogP contribution in [0.2, 0.25) is 0 Å². The third kappa shape index (κ3) is 4.38. The third-order valence-corrected chi connectivity index (χ3v) is 5.50. The highest BCUT2D eigenvalue weighted by molar-refractivity contribution is 5.76. The molecule has 150 valence electrons. The van der Waals surface area contributed by atoms with Gasteiger partial charge in [0, 0.05) is 19.6 Å². The zero-order valence-electron chi connectivity index (χ0n) is 16.2. The van der Waals surface area contributed by atoms with Gasteiger partial charge in [-0.3, -0.25) is 14.3 Å². The first-order chi connectivity index (χ1) is 14.1. The lowest BCUT2D eigenvalue weighted by atomic mass is 9.99. The van der Waals surface area contributed by atoms with E-state index in [0.717, 1.165) is 44.5 Å². The van der Waals surface area contributed by atoms with Crippen LogP contribution in [-0.2, 0) is 6.54 Å². The minimum Gasteiger partial charge on any atom is -0.307 e. The van der Waals surface area contributed by atoms with Crippen molar-refractivity contribution in [1.29, 1.82) is 0 Å². The van der Waals surface area contributed by atoms with Crippen LogP contribution < -0.4 is 11.2 Å². The Bertz CT molecular complexity index is 1150. The van der Waals surface area contributed by atoms with Crippen LogP contribution in [0.25, 0.3) is 16.5 Å². The van der Waals surface area contributed by atoms with Gasteiger partial charge in [-0.25, -0.2) is 9.18 Å². The van der Waals surface area contributed by atoms with E-state index < -0.39 is 0 Å². The summed E-state index contributed by atoms with van der Waals surface area (Å²) in [7, 11) is 0. The number of fused-ring (bicyclic) bond motifs is 1. The van der Waals surface area contributed by atoms with Crippen molar-refractivity contribution in [1.82, 2.24) is 14.5 Å². The van der Waals surface area contributed by atoms with Crippen LogP contribution in [-0.4, -0.2) is 34.1 Å². The normalized spacial score (nSPS) is 14.9. The molecule has 0 aliphatic carbocycles. The molecular weight excluding hydrogens is 369 g/mol. The van der Waals surface area contributed by atoms with E-state index >= 15 is 0 Å². The quantitative estimate of drug-likeness (QED) is 0.653. The molecule has 1 aliphatic heterocycles. The molecule has 4 rings (SSSR count). The average molecular weight is 393 g/mol. The number of nitrogens with zero attached hydrogens (tertiary/aromatic N) is 2. The highest BCUT2D eigenvalue weighted by Gasteiger charge is 2.13. The van der Waals surface area contributed by atoms with Gasteiger partial charge >= 0.3 is 5.69 Å². The summed E-state index contributed by atoms with van der Waals surface area (Å²) in [5.41, 5.74) is 2.35. The number of benzene rings is 2. The number of hydrogen-bond donors (Lipinski definition) is 1. The summed E-state index contributed by atoms with van der Waals surface area (Å²) < 4.78 is 14.4. The second-order valence-electron chi connectivity index (χ2n) is 7.43. The Morgan fingerprint density at radius 2 is 1.72 bits per heavy atom. The standard InChI is InChI=1S/C23H24FN3O2/c24-19-9-7-17(8-10-19)18-11-15-26(16-12-18)13-3-4-14-27-22(28)20-5-1-2-6-21(20)25-23(27)29/h1-2,5-11H,3-4,12-16H2,(H,25,29). The largest absolute Gasteiger partial charge is 0.328 e. The number of nitrogens with one attached hydrogen (secondary N) is 1. The fraction of sp³-hybridized carbons (Fsp3) is 0.304. The SMILES string of the molecule is O=c1[nH]c2ccccc2c(=O)n1CCCCN1CC=C(c2ccc(F)cc2)CC1. The number of rotatable bonds is 6. The van der Waals surface area contributed by atoms with Crippen molar-refractivity contribution in [2.24, 2.45) is 0 Å². The highest BCUT2D eigenvalue weighted by atomic mass is 19.1. The van der Waals surface area contributed by atoms with Crippen molar-refractivity contribution in [3.63, 3.8) is 0 Å².